The van der Waals surface area contributed by atoms with Gasteiger partial charge in [-0.15, -0.1) is 0 Å². The van der Waals surface area contributed by atoms with Crippen LogP contribution in [0.3, 0.4) is 0 Å². The highest BCUT2D eigenvalue weighted by Crippen LogP contribution is 2.75. The molecular formula is C62H65Cl3F4N2O15S. The maximum Gasteiger partial charge on any atom is 0.510 e. The van der Waals surface area contributed by atoms with Crippen molar-refractivity contribution >= 4 is 81.5 Å². The molecule has 468 valence electrons. The average Bonchev–Trinajstić information content (AvgIpc) is 1.62. The quantitative estimate of drug-likeness (QED) is 0.133. The minimum atomic E-state index is -2.27. The normalized spacial score (nSPS) is 44.4. The Kier molecular flexibility index (Phi) is 15.7. The second kappa shape index (κ2) is 21.9. The Balaban J connectivity index is 0.000000154. The van der Waals surface area contributed by atoms with Crippen LogP contribution in [-0.4, -0.2) is 145 Å². The zero-order valence-corrected chi connectivity index (χ0v) is 50.8. The van der Waals surface area contributed by atoms with E-state index < -0.39 is 150 Å². The average molecular weight is 1290 g/mol. The van der Waals surface area contributed by atoms with Crippen molar-refractivity contribution in [3.05, 3.63) is 117 Å². The first-order chi connectivity index (χ1) is 41.0. The van der Waals surface area contributed by atoms with Crippen molar-refractivity contribution in [3.63, 3.8) is 0 Å². The van der Waals surface area contributed by atoms with Crippen LogP contribution in [0.15, 0.2) is 96.1 Å². The maximum atomic E-state index is 17.7. The monoisotopic (exact) mass is 1290 g/mol. The lowest BCUT2D eigenvalue weighted by atomic mass is 9.44. The van der Waals surface area contributed by atoms with Crippen LogP contribution in [0.1, 0.15) is 77.3 Å². The van der Waals surface area contributed by atoms with Crippen molar-refractivity contribution in [1.29, 1.82) is 0 Å². The van der Waals surface area contributed by atoms with E-state index in [9.17, 15) is 44.1 Å². The SMILES string of the molecule is C[C@]12C=CC(=O)C=C1[C@@H](F)C[C@H]1[C@@H]3C[C@H]4CN(Cc5ccc(Cl)cc5)O[C@@]4(C(=O)O)[C@@]3(C)C[C@H](O)[C@@]12F.C[C@]12C=CC(=O)C=C1[C@@H](F)C[C@H]1[C@@H]3C[C@H]4CN(Cc5ccc(Cl)cc5)O[C@@]4(C(=O)SC4COC(=O)O4)[C@@]3(C)C[C@H](O)[C@@]12F.O=C1OCC(Cl)O1. The largest absolute Gasteiger partial charge is 0.510 e. The van der Waals surface area contributed by atoms with Gasteiger partial charge in [-0.2, -0.15) is 10.1 Å². The molecule has 14 rings (SSSR count). The van der Waals surface area contributed by atoms with Crippen LogP contribution in [0.5, 0.6) is 0 Å². The molecule has 17 nitrogen and oxygen atoms in total. The van der Waals surface area contributed by atoms with Gasteiger partial charge in [0.1, 0.15) is 25.6 Å². The predicted octanol–water partition coefficient (Wildman–Crippen LogP) is 10.3. The minimum absolute atomic E-state index is 0.0504. The molecule has 0 spiro atoms. The van der Waals surface area contributed by atoms with Crippen LogP contribution in [-0.2, 0) is 60.9 Å². The van der Waals surface area contributed by atoms with Crippen molar-refractivity contribution in [2.24, 2.45) is 57.2 Å². The van der Waals surface area contributed by atoms with E-state index in [0.717, 1.165) is 35.0 Å². The lowest BCUT2D eigenvalue weighted by Crippen LogP contribution is -2.70. The van der Waals surface area contributed by atoms with Crippen LogP contribution < -0.4 is 0 Å². The van der Waals surface area contributed by atoms with E-state index in [-0.39, 0.29) is 50.0 Å². The Morgan fingerprint density at radius 2 is 1.06 bits per heavy atom. The molecule has 20 atom stereocenters. The number of cyclic esters (lactones) is 4. The van der Waals surface area contributed by atoms with E-state index in [1.807, 2.05) is 31.2 Å². The smallest absolute Gasteiger partial charge is 0.479 e. The lowest BCUT2D eigenvalue weighted by Gasteiger charge is -2.63. The summed E-state index contributed by atoms with van der Waals surface area (Å²) in [6, 6.07) is 14.5. The number of allylic oxidation sites excluding steroid dienone is 8. The number of carbonyl (C=O) groups is 6. The molecule has 4 aliphatic heterocycles. The molecule has 2 aromatic rings. The van der Waals surface area contributed by atoms with Crippen molar-refractivity contribution < 1.29 is 90.3 Å². The number of aliphatic hydroxyl groups excluding tert-OH is 2. The number of aliphatic carboxylic acids is 1. The van der Waals surface area contributed by atoms with Gasteiger partial charge in [-0.25, -0.2) is 31.9 Å². The number of nitrogens with zero attached hydrogens (tertiary/aromatic N) is 2. The zero-order chi connectivity index (χ0) is 62.3. The fourth-order valence-electron chi connectivity index (χ4n) is 18.0. The Morgan fingerprint density at radius 1 is 0.632 bits per heavy atom. The Labute approximate surface area is 517 Å². The van der Waals surface area contributed by atoms with E-state index in [0.29, 0.717) is 49.1 Å². The number of carboxylic acids is 1. The first-order valence-corrected chi connectivity index (χ1v) is 31.1. The number of ether oxygens (including phenoxy) is 4. The summed E-state index contributed by atoms with van der Waals surface area (Å²) in [4.78, 5) is 86.0. The number of thioether (sulfide) groups is 1. The molecule has 87 heavy (non-hydrogen) atoms. The number of rotatable bonds is 7. The molecule has 10 fully saturated rings. The number of benzene rings is 2. The fraction of sp³-hybridized carbons (Fsp3) is 0.581. The predicted molar refractivity (Wildman–Crippen MR) is 305 cm³/mol. The molecule has 0 radical (unpaired) electrons. The number of hydrogen-bond acceptors (Lipinski definition) is 17. The van der Waals surface area contributed by atoms with E-state index in [1.54, 1.807) is 55.2 Å². The van der Waals surface area contributed by atoms with Crippen molar-refractivity contribution in [1.82, 2.24) is 10.1 Å². The lowest BCUT2D eigenvalue weighted by molar-refractivity contribution is -0.275. The van der Waals surface area contributed by atoms with Gasteiger partial charge >= 0.3 is 18.3 Å². The molecule has 2 unspecified atom stereocenters. The second-order valence-corrected chi connectivity index (χ2v) is 28.5. The second-order valence-electron chi connectivity index (χ2n) is 26.0. The molecule has 4 saturated heterocycles. The molecule has 3 N–H and O–H groups in total. The number of alkyl halides is 5. The first kappa shape index (κ1) is 62.3. The summed E-state index contributed by atoms with van der Waals surface area (Å²) in [7, 11) is 0. The van der Waals surface area contributed by atoms with Crippen LogP contribution in [0.2, 0.25) is 10.0 Å². The number of halogens is 7. The summed E-state index contributed by atoms with van der Waals surface area (Å²) >= 11 is 18.1. The Bertz CT molecular complexity index is 3330. The van der Waals surface area contributed by atoms with Crippen LogP contribution in [0.25, 0.3) is 0 Å². The highest BCUT2D eigenvalue weighted by molar-refractivity contribution is 8.14. The highest BCUT2D eigenvalue weighted by atomic mass is 35.5. The number of fused-ring (bicyclic) bond motifs is 14. The summed E-state index contributed by atoms with van der Waals surface area (Å²) in [6.45, 7) is 8.11. The summed E-state index contributed by atoms with van der Waals surface area (Å²) in [6.07, 6.45) is -0.237. The molecule has 0 amide bonds. The third-order valence-corrected chi connectivity index (χ3v) is 23.6. The van der Waals surface area contributed by atoms with Gasteiger partial charge in [0.05, 0.1) is 12.2 Å². The van der Waals surface area contributed by atoms with E-state index >= 15 is 17.6 Å². The fourth-order valence-corrected chi connectivity index (χ4v) is 19.5. The number of carboxylic acid groups (broad SMARTS) is 1. The summed E-state index contributed by atoms with van der Waals surface area (Å²) in [5.41, 5.74) is -12.5. The molecule has 2 aromatic carbocycles. The number of ketones is 2. The highest BCUT2D eigenvalue weighted by Gasteiger charge is 2.82. The Morgan fingerprint density at radius 3 is 1.46 bits per heavy atom. The Hall–Kier alpha value is -4.88. The van der Waals surface area contributed by atoms with Crippen molar-refractivity contribution in [2.75, 3.05) is 26.3 Å². The molecule has 12 aliphatic rings. The van der Waals surface area contributed by atoms with Gasteiger partial charge < -0.3 is 34.3 Å². The number of hydroxylamine groups is 4. The van der Waals surface area contributed by atoms with Gasteiger partial charge in [0, 0.05) is 81.6 Å². The van der Waals surface area contributed by atoms with Gasteiger partial charge in [0.15, 0.2) is 39.5 Å². The van der Waals surface area contributed by atoms with Gasteiger partial charge in [0.25, 0.3) is 0 Å². The number of hydrogen-bond donors (Lipinski definition) is 3. The molecular weight excluding hydrogens is 1230 g/mol. The molecule has 25 heteroatoms. The van der Waals surface area contributed by atoms with Crippen molar-refractivity contribution in [3.8, 4) is 0 Å². The van der Waals surface area contributed by atoms with Gasteiger partial charge in [-0.05, 0) is 147 Å². The third kappa shape index (κ3) is 9.34. The molecule has 6 saturated carbocycles. The van der Waals surface area contributed by atoms with Crippen LogP contribution in [0.4, 0.5) is 27.2 Å². The summed E-state index contributed by atoms with van der Waals surface area (Å²) < 4.78 is 85.0. The zero-order valence-electron chi connectivity index (χ0n) is 47.7. The topological polar surface area (TPSA) is 225 Å². The first-order valence-electron chi connectivity index (χ1n) is 29.0. The minimum Gasteiger partial charge on any atom is -0.479 e. The molecule has 0 bridgehead atoms. The van der Waals surface area contributed by atoms with Crippen LogP contribution in [0, 0.1) is 57.2 Å². The number of carbonyl (C=O) groups excluding carboxylic acids is 5. The molecule has 0 aromatic heterocycles. The third-order valence-electron chi connectivity index (χ3n) is 21.9. The van der Waals surface area contributed by atoms with Gasteiger partial charge in [-0.3, -0.25) is 24.1 Å². The summed E-state index contributed by atoms with van der Waals surface area (Å²) in [5, 5.41) is 37.9. The standard InChI is InChI=1S/C31H32ClF2NO7S.C28H30ClF2NO5.C3H3ClO3/c1-28-8-7-19(36)10-22(28)23(33)11-21-20-9-17-14-35(13-16-3-5-18(32)6-4-16)42-31(17,26(38)43-25-15-40-27(39)41-25)29(20,2)12-24(37)30(21,28)34;1-25-8-7-18(33)10-21(25)22(30)11-20-19-9-16-14-32(13-15-3-5-17(29)6-4-15)37-28(16,24(35)36)26(19,2)12-23(34)27(20,25)31;4-2-1-6-3(5)7-2/h3-8,10,17,20-21,23-25,37H,9,11-15H2,1-2H3;3-8,10,16,19-20,22-23,34H,9,11-14H2,1-2H3,(H,35,36);2H,1H2/t17-,20-,21-,23-,24-,25?,28-,29-,30-,31-;16-,19-,20-,22-,23-,25-,26-,27-,28-;/m00./s1. The van der Waals surface area contributed by atoms with E-state index in [4.69, 9.17) is 54.0 Å². The van der Waals surface area contributed by atoms with Crippen molar-refractivity contribution in [2.45, 2.75) is 137 Å². The number of aliphatic hydroxyl groups is 2. The maximum absolute atomic E-state index is 17.7. The summed E-state index contributed by atoms with van der Waals surface area (Å²) in [5.74, 6) is -5.76. The molecule has 8 aliphatic carbocycles. The van der Waals surface area contributed by atoms with Gasteiger partial charge in [-0.1, -0.05) is 85.1 Å². The van der Waals surface area contributed by atoms with E-state index in [2.05, 4.69) is 9.47 Å². The van der Waals surface area contributed by atoms with Crippen LogP contribution >= 0.6 is 46.6 Å². The van der Waals surface area contributed by atoms with Gasteiger partial charge in [0.2, 0.25) is 10.7 Å². The van der Waals surface area contributed by atoms with E-state index in [1.165, 1.54) is 24.3 Å². The molecule has 4 heterocycles.